The third-order valence-electron chi connectivity index (χ3n) is 4.63. The summed E-state index contributed by atoms with van der Waals surface area (Å²) in [6, 6.07) is 14.4. The molecule has 26 heavy (non-hydrogen) atoms. The number of aliphatic hydroxyl groups is 1. The van der Waals surface area contributed by atoms with E-state index < -0.39 is 0 Å². The van der Waals surface area contributed by atoms with Gasteiger partial charge in [0.2, 0.25) is 0 Å². The monoisotopic (exact) mass is 350 g/mol. The van der Waals surface area contributed by atoms with Crippen molar-refractivity contribution in [3.63, 3.8) is 0 Å². The first-order chi connectivity index (χ1) is 12.7. The van der Waals surface area contributed by atoms with Crippen LogP contribution in [0.1, 0.15) is 28.1 Å². The number of nitrogens with zero attached hydrogens (tertiary/aromatic N) is 4. The lowest BCUT2D eigenvalue weighted by molar-refractivity contribution is 0.183. The Morgan fingerprint density at radius 1 is 1.00 bits per heavy atom. The topological polar surface area (TPSA) is 54.2 Å². The molecule has 2 heterocycles. The number of pyridine rings is 1. The molecule has 0 atom stereocenters. The van der Waals surface area contributed by atoms with Gasteiger partial charge in [0, 0.05) is 43.3 Å². The summed E-state index contributed by atoms with van der Waals surface area (Å²) in [6.07, 6.45) is 3.66. The van der Waals surface area contributed by atoms with E-state index in [0.29, 0.717) is 6.54 Å². The number of aliphatic hydroxyl groups excluding tert-OH is 1. The standard InChI is InChI=1S/C21H26N4O/c1-17-21(16-24(11-12-26)14-20-9-6-10-22-13-20)18(2)25(23-17)15-19-7-4-3-5-8-19/h3-10,13,26H,11-12,14-16H2,1-2H3. The second kappa shape index (κ2) is 8.74. The molecule has 0 aliphatic heterocycles. The number of hydrogen-bond donors (Lipinski definition) is 1. The van der Waals surface area contributed by atoms with Gasteiger partial charge in [-0.05, 0) is 31.0 Å². The fraction of sp³-hybridized carbons (Fsp3) is 0.333. The molecular weight excluding hydrogens is 324 g/mol. The minimum Gasteiger partial charge on any atom is -0.395 e. The Kier molecular flexibility index (Phi) is 6.15. The fourth-order valence-corrected chi connectivity index (χ4v) is 3.20. The predicted octanol–water partition coefficient (Wildman–Crippen LogP) is 2.94. The first kappa shape index (κ1) is 18.3. The molecule has 0 fully saturated rings. The maximum Gasteiger partial charge on any atom is 0.0662 e. The van der Waals surface area contributed by atoms with Gasteiger partial charge in [0.1, 0.15) is 0 Å². The molecule has 0 saturated heterocycles. The minimum absolute atomic E-state index is 0.135. The number of aromatic nitrogens is 3. The van der Waals surface area contributed by atoms with Crippen LogP contribution in [0.25, 0.3) is 0 Å². The average molecular weight is 350 g/mol. The van der Waals surface area contributed by atoms with Gasteiger partial charge < -0.3 is 5.11 Å². The zero-order valence-electron chi connectivity index (χ0n) is 15.5. The van der Waals surface area contributed by atoms with Crippen LogP contribution in [-0.4, -0.2) is 37.9 Å². The van der Waals surface area contributed by atoms with E-state index >= 15 is 0 Å². The van der Waals surface area contributed by atoms with E-state index in [2.05, 4.69) is 58.7 Å². The van der Waals surface area contributed by atoms with Gasteiger partial charge in [0.05, 0.1) is 18.8 Å². The SMILES string of the molecule is Cc1nn(Cc2ccccc2)c(C)c1CN(CCO)Cc1cccnc1. The van der Waals surface area contributed by atoms with E-state index in [1.54, 1.807) is 6.20 Å². The van der Waals surface area contributed by atoms with Crippen LogP contribution in [0.5, 0.6) is 0 Å². The molecule has 1 aromatic carbocycles. The molecule has 5 nitrogen and oxygen atoms in total. The highest BCUT2D eigenvalue weighted by Gasteiger charge is 2.16. The Hall–Kier alpha value is -2.50. The van der Waals surface area contributed by atoms with Crippen LogP contribution < -0.4 is 0 Å². The minimum atomic E-state index is 0.135. The van der Waals surface area contributed by atoms with E-state index in [-0.39, 0.29) is 6.61 Å². The molecule has 2 aromatic heterocycles. The molecule has 0 aliphatic rings. The summed E-state index contributed by atoms with van der Waals surface area (Å²) in [7, 11) is 0. The number of benzene rings is 1. The lowest BCUT2D eigenvalue weighted by atomic mass is 10.1. The number of aryl methyl sites for hydroxylation is 1. The summed E-state index contributed by atoms with van der Waals surface area (Å²) < 4.78 is 2.07. The van der Waals surface area contributed by atoms with E-state index in [1.165, 1.54) is 16.8 Å². The maximum absolute atomic E-state index is 9.45. The van der Waals surface area contributed by atoms with Crippen molar-refractivity contribution >= 4 is 0 Å². The summed E-state index contributed by atoms with van der Waals surface area (Å²) in [5.41, 5.74) is 5.85. The smallest absolute Gasteiger partial charge is 0.0662 e. The van der Waals surface area contributed by atoms with Gasteiger partial charge in [-0.1, -0.05) is 36.4 Å². The molecule has 0 spiro atoms. The highest BCUT2D eigenvalue weighted by atomic mass is 16.3. The first-order valence-electron chi connectivity index (χ1n) is 8.96. The molecule has 5 heteroatoms. The van der Waals surface area contributed by atoms with Crippen molar-refractivity contribution in [2.24, 2.45) is 0 Å². The van der Waals surface area contributed by atoms with Gasteiger partial charge >= 0.3 is 0 Å². The summed E-state index contributed by atoms with van der Waals surface area (Å²) in [4.78, 5) is 6.42. The van der Waals surface area contributed by atoms with Crippen LogP contribution in [0.15, 0.2) is 54.9 Å². The van der Waals surface area contributed by atoms with Crippen molar-refractivity contribution in [2.45, 2.75) is 33.5 Å². The van der Waals surface area contributed by atoms with Gasteiger partial charge in [-0.25, -0.2) is 0 Å². The summed E-state index contributed by atoms with van der Waals surface area (Å²) >= 11 is 0. The van der Waals surface area contributed by atoms with Crippen molar-refractivity contribution in [1.82, 2.24) is 19.7 Å². The number of rotatable bonds is 8. The molecule has 0 radical (unpaired) electrons. The van der Waals surface area contributed by atoms with Crippen LogP contribution in [0.3, 0.4) is 0 Å². The molecule has 3 rings (SSSR count). The first-order valence-corrected chi connectivity index (χ1v) is 8.96. The van der Waals surface area contributed by atoms with Crippen LogP contribution in [0.2, 0.25) is 0 Å². The molecule has 1 N–H and O–H groups in total. The molecular formula is C21H26N4O. The lowest BCUT2D eigenvalue weighted by Gasteiger charge is -2.21. The summed E-state index contributed by atoms with van der Waals surface area (Å²) in [5, 5.41) is 14.2. The Morgan fingerprint density at radius 2 is 1.77 bits per heavy atom. The Labute approximate surface area is 154 Å². The van der Waals surface area contributed by atoms with Crippen LogP contribution in [0, 0.1) is 13.8 Å². The molecule has 0 aliphatic carbocycles. The van der Waals surface area contributed by atoms with Crippen molar-refractivity contribution < 1.29 is 5.11 Å². The summed E-state index contributed by atoms with van der Waals surface area (Å²) in [5.74, 6) is 0. The lowest BCUT2D eigenvalue weighted by Crippen LogP contribution is -2.26. The van der Waals surface area contributed by atoms with Crippen molar-refractivity contribution in [2.75, 3.05) is 13.2 Å². The normalized spacial score (nSPS) is 11.2. The molecule has 0 bridgehead atoms. The van der Waals surface area contributed by atoms with Crippen LogP contribution >= 0.6 is 0 Å². The molecule has 0 saturated carbocycles. The van der Waals surface area contributed by atoms with E-state index in [9.17, 15) is 5.11 Å². The second-order valence-electron chi connectivity index (χ2n) is 6.59. The van der Waals surface area contributed by atoms with Crippen molar-refractivity contribution in [1.29, 1.82) is 0 Å². The molecule has 136 valence electrons. The quantitative estimate of drug-likeness (QED) is 0.679. The Balaban J connectivity index is 1.76. The predicted molar refractivity (Wildman–Crippen MR) is 103 cm³/mol. The van der Waals surface area contributed by atoms with E-state index in [4.69, 9.17) is 5.10 Å². The zero-order chi connectivity index (χ0) is 18.4. The van der Waals surface area contributed by atoms with Gasteiger partial charge in [-0.15, -0.1) is 0 Å². The fourth-order valence-electron chi connectivity index (χ4n) is 3.20. The molecule has 0 unspecified atom stereocenters. The zero-order valence-corrected chi connectivity index (χ0v) is 15.5. The van der Waals surface area contributed by atoms with E-state index in [1.807, 2.05) is 18.3 Å². The highest BCUT2D eigenvalue weighted by Crippen LogP contribution is 2.18. The van der Waals surface area contributed by atoms with Crippen LogP contribution in [0.4, 0.5) is 0 Å². The van der Waals surface area contributed by atoms with Gasteiger partial charge in [0.15, 0.2) is 0 Å². The molecule has 0 amide bonds. The van der Waals surface area contributed by atoms with E-state index in [0.717, 1.165) is 30.9 Å². The third kappa shape index (κ3) is 4.56. The Morgan fingerprint density at radius 3 is 2.46 bits per heavy atom. The largest absolute Gasteiger partial charge is 0.395 e. The third-order valence-corrected chi connectivity index (χ3v) is 4.63. The summed E-state index contributed by atoms with van der Waals surface area (Å²) in [6.45, 7) is 7.24. The number of hydrogen-bond acceptors (Lipinski definition) is 4. The average Bonchev–Trinajstić information content (AvgIpc) is 2.91. The molecule has 3 aromatic rings. The maximum atomic E-state index is 9.45. The van der Waals surface area contributed by atoms with Gasteiger partial charge in [-0.3, -0.25) is 14.6 Å². The second-order valence-corrected chi connectivity index (χ2v) is 6.59. The van der Waals surface area contributed by atoms with Crippen molar-refractivity contribution in [3.8, 4) is 0 Å². The van der Waals surface area contributed by atoms with Crippen molar-refractivity contribution in [3.05, 3.63) is 82.9 Å². The van der Waals surface area contributed by atoms with Gasteiger partial charge in [0.25, 0.3) is 0 Å². The Bertz CT molecular complexity index is 815. The van der Waals surface area contributed by atoms with Gasteiger partial charge in [-0.2, -0.15) is 5.10 Å². The highest BCUT2D eigenvalue weighted by molar-refractivity contribution is 5.26. The van der Waals surface area contributed by atoms with Crippen LogP contribution in [-0.2, 0) is 19.6 Å².